The van der Waals surface area contributed by atoms with Crippen molar-refractivity contribution in [1.82, 2.24) is 15.8 Å². The van der Waals surface area contributed by atoms with Crippen LogP contribution in [0.2, 0.25) is 0 Å². The van der Waals surface area contributed by atoms with Crippen LogP contribution in [-0.4, -0.2) is 24.8 Å². The van der Waals surface area contributed by atoms with Gasteiger partial charge in [0.1, 0.15) is 5.75 Å². The lowest BCUT2D eigenvalue weighted by Crippen LogP contribution is -2.43. The molecule has 4 rings (SSSR count). The molecular formula is C20H22F3N3O. The van der Waals surface area contributed by atoms with Gasteiger partial charge in [-0.1, -0.05) is 12.1 Å². The third kappa shape index (κ3) is 4.26. The molecule has 0 saturated heterocycles. The lowest BCUT2D eigenvalue weighted by Gasteiger charge is -2.29. The molecule has 4 nitrogen and oxygen atoms in total. The average molecular weight is 377 g/mol. The summed E-state index contributed by atoms with van der Waals surface area (Å²) in [5.41, 5.74) is 6.95. The predicted octanol–water partition coefficient (Wildman–Crippen LogP) is 3.25. The first kappa shape index (κ1) is 18.3. The Morgan fingerprint density at radius 1 is 1.00 bits per heavy atom. The van der Waals surface area contributed by atoms with E-state index >= 15 is 0 Å². The smallest absolute Gasteiger partial charge is 0.416 e. The Labute approximate surface area is 156 Å². The van der Waals surface area contributed by atoms with Crippen molar-refractivity contribution in [1.29, 1.82) is 0 Å². The molecule has 0 bridgehead atoms. The number of hydrazine groups is 1. The van der Waals surface area contributed by atoms with E-state index in [9.17, 15) is 13.2 Å². The summed E-state index contributed by atoms with van der Waals surface area (Å²) in [6.07, 6.45) is -2.67. The molecule has 144 valence electrons. The standard InChI is InChI=1S/C20H22F3N3O/c21-20(22,23)18-3-1-16-12-26(8-6-15(16)9-18)25-13-27-19-4-2-14-5-7-24-11-17(14)10-19/h1-4,9-10,24-25H,5-8,11-13H2. The number of halogens is 3. The molecule has 7 heteroatoms. The fraction of sp³-hybridized carbons (Fsp3) is 0.400. The second-order valence-electron chi connectivity index (χ2n) is 6.96. The first-order chi connectivity index (χ1) is 13.0. The highest BCUT2D eigenvalue weighted by Gasteiger charge is 2.31. The molecule has 0 radical (unpaired) electrons. The Balaban J connectivity index is 1.31. The van der Waals surface area contributed by atoms with Gasteiger partial charge < -0.3 is 10.1 Å². The number of nitrogens with one attached hydrogen (secondary N) is 2. The number of benzene rings is 2. The maximum atomic E-state index is 12.8. The number of rotatable bonds is 4. The Kier molecular flexibility index (Phi) is 5.08. The molecule has 0 amide bonds. The van der Waals surface area contributed by atoms with Crippen LogP contribution < -0.4 is 15.5 Å². The van der Waals surface area contributed by atoms with E-state index in [1.807, 2.05) is 11.1 Å². The normalized spacial score (nSPS) is 17.3. The van der Waals surface area contributed by atoms with E-state index < -0.39 is 11.7 Å². The van der Waals surface area contributed by atoms with Crippen molar-refractivity contribution >= 4 is 0 Å². The molecule has 0 unspecified atom stereocenters. The van der Waals surface area contributed by atoms with Gasteiger partial charge in [-0.2, -0.15) is 13.2 Å². The topological polar surface area (TPSA) is 36.5 Å². The molecule has 0 saturated carbocycles. The van der Waals surface area contributed by atoms with Crippen molar-refractivity contribution in [3.8, 4) is 5.75 Å². The van der Waals surface area contributed by atoms with Crippen LogP contribution in [0.25, 0.3) is 0 Å². The summed E-state index contributed by atoms with van der Waals surface area (Å²) in [6, 6.07) is 10.2. The van der Waals surface area contributed by atoms with Crippen LogP contribution in [0, 0.1) is 0 Å². The molecule has 27 heavy (non-hydrogen) atoms. The fourth-order valence-electron chi connectivity index (χ4n) is 3.62. The molecule has 0 fully saturated rings. The second-order valence-corrected chi connectivity index (χ2v) is 6.96. The van der Waals surface area contributed by atoms with Crippen molar-refractivity contribution < 1.29 is 17.9 Å². The number of alkyl halides is 3. The number of hydrogen-bond donors (Lipinski definition) is 2. The van der Waals surface area contributed by atoms with Crippen LogP contribution in [0.15, 0.2) is 36.4 Å². The SMILES string of the molecule is FC(F)(F)c1ccc2c(c1)CCN(NCOc1ccc3c(c1)CNCC3)C2. The molecule has 2 heterocycles. The van der Waals surface area contributed by atoms with Crippen molar-refractivity contribution in [2.24, 2.45) is 0 Å². The Bertz CT molecular complexity index is 823. The third-order valence-corrected chi connectivity index (χ3v) is 5.14. The number of fused-ring (bicyclic) bond motifs is 2. The maximum absolute atomic E-state index is 12.8. The third-order valence-electron chi connectivity index (χ3n) is 5.14. The summed E-state index contributed by atoms with van der Waals surface area (Å²) in [4.78, 5) is 0. The average Bonchev–Trinajstić information content (AvgIpc) is 2.66. The van der Waals surface area contributed by atoms with E-state index in [4.69, 9.17) is 4.74 Å². The zero-order valence-corrected chi connectivity index (χ0v) is 14.9. The quantitative estimate of drug-likeness (QED) is 0.802. The van der Waals surface area contributed by atoms with Gasteiger partial charge in [0.2, 0.25) is 0 Å². The first-order valence-electron chi connectivity index (χ1n) is 9.12. The van der Waals surface area contributed by atoms with Gasteiger partial charge in [0.25, 0.3) is 0 Å². The minimum atomic E-state index is -4.29. The van der Waals surface area contributed by atoms with E-state index in [0.29, 0.717) is 26.2 Å². The van der Waals surface area contributed by atoms with E-state index in [-0.39, 0.29) is 0 Å². The van der Waals surface area contributed by atoms with Gasteiger partial charge in [-0.15, -0.1) is 0 Å². The number of ether oxygens (including phenoxy) is 1. The number of nitrogens with zero attached hydrogens (tertiary/aromatic N) is 1. The van der Waals surface area contributed by atoms with Gasteiger partial charge >= 0.3 is 6.18 Å². The minimum absolute atomic E-state index is 0.322. The molecular weight excluding hydrogens is 355 g/mol. The van der Waals surface area contributed by atoms with Gasteiger partial charge in [-0.25, -0.2) is 10.4 Å². The highest BCUT2D eigenvalue weighted by Crippen LogP contribution is 2.31. The van der Waals surface area contributed by atoms with Gasteiger partial charge in [0.15, 0.2) is 6.73 Å². The van der Waals surface area contributed by atoms with Crippen LogP contribution in [0.5, 0.6) is 5.75 Å². The Morgan fingerprint density at radius 3 is 2.70 bits per heavy atom. The highest BCUT2D eigenvalue weighted by molar-refractivity contribution is 5.37. The summed E-state index contributed by atoms with van der Waals surface area (Å²) in [5.74, 6) is 0.817. The van der Waals surface area contributed by atoms with Crippen molar-refractivity contribution in [3.63, 3.8) is 0 Å². The summed E-state index contributed by atoms with van der Waals surface area (Å²) in [6.45, 7) is 3.40. The molecule has 2 aliphatic heterocycles. The number of hydrogen-bond acceptors (Lipinski definition) is 4. The zero-order chi connectivity index (χ0) is 18.9. The zero-order valence-electron chi connectivity index (χ0n) is 14.9. The van der Waals surface area contributed by atoms with Crippen molar-refractivity contribution in [3.05, 3.63) is 64.2 Å². The van der Waals surface area contributed by atoms with Crippen LogP contribution in [0.3, 0.4) is 0 Å². The second kappa shape index (κ2) is 7.50. The molecule has 2 aliphatic rings. The summed E-state index contributed by atoms with van der Waals surface area (Å²) < 4.78 is 44.3. The van der Waals surface area contributed by atoms with Crippen LogP contribution in [0.4, 0.5) is 13.2 Å². The van der Waals surface area contributed by atoms with Crippen LogP contribution in [-0.2, 0) is 32.1 Å². The monoisotopic (exact) mass is 377 g/mol. The van der Waals surface area contributed by atoms with E-state index in [1.54, 1.807) is 6.07 Å². The van der Waals surface area contributed by atoms with Crippen LogP contribution in [0.1, 0.15) is 27.8 Å². The van der Waals surface area contributed by atoms with E-state index in [0.717, 1.165) is 42.5 Å². The van der Waals surface area contributed by atoms with Crippen LogP contribution >= 0.6 is 0 Å². The molecule has 2 aromatic rings. The van der Waals surface area contributed by atoms with Crippen molar-refractivity contribution in [2.45, 2.75) is 32.1 Å². The summed E-state index contributed by atoms with van der Waals surface area (Å²) >= 11 is 0. The molecule has 2 aromatic carbocycles. The fourth-order valence-corrected chi connectivity index (χ4v) is 3.62. The van der Waals surface area contributed by atoms with E-state index in [2.05, 4.69) is 22.9 Å². The van der Waals surface area contributed by atoms with Gasteiger partial charge in [0.05, 0.1) is 5.56 Å². The van der Waals surface area contributed by atoms with Gasteiger partial charge in [-0.3, -0.25) is 0 Å². The molecule has 2 N–H and O–H groups in total. The van der Waals surface area contributed by atoms with Gasteiger partial charge in [0, 0.05) is 19.6 Å². The Hall–Kier alpha value is -2.09. The largest absolute Gasteiger partial charge is 0.477 e. The Morgan fingerprint density at radius 2 is 1.85 bits per heavy atom. The van der Waals surface area contributed by atoms with E-state index in [1.165, 1.54) is 17.2 Å². The van der Waals surface area contributed by atoms with Crippen molar-refractivity contribution in [2.75, 3.05) is 19.8 Å². The first-order valence-corrected chi connectivity index (χ1v) is 9.12. The van der Waals surface area contributed by atoms with Gasteiger partial charge in [-0.05, 0) is 65.9 Å². The summed E-state index contributed by atoms with van der Waals surface area (Å²) in [5, 5.41) is 5.33. The predicted molar refractivity (Wildman–Crippen MR) is 96.0 cm³/mol. The summed E-state index contributed by atoms with van der Waals surface area (Å²) in [7, 11) is 0. The minimum Gasteiger partial charge on any atom is -0.477 e. The highest BCUT2D eigenvalue weighted by atomic mass is 19.4. The molecule has 0 aliphatic carbocycles. The molecule has 0 aromatic heterocycles. The lowest BCUT2D eigenvalue weighted by atomic mass is 9.98. The molecule has 0 atom stereocenters. The maximum Gasteiger partial charge on any atom is 0.416 e. The molecule has 0 spiro atoms. The lowest BCUT2D eigenvalue weighted by molar-refractivity contribution is -0.137.